The van der Waals surface area contributed by atoms with E-state index < -0.39 is 33.1 Å². The summed E-state index contributed by atoms with van der Waals surface area (Å²) in [5.74, 6) is -1.47. The number of hydrogen-bond acceptors (Lipinski definition) is 5. The molecular formula is C18H13ClF3N3O4S2. The molecule has 2 aromatic carbocycles. The standard InChI is InChI=1S/C18H13ClF3N3O4S2/c19-25-31(28,29)14-7-5-12(6-8-14)15-9-23-17(18(20,21)22)24-16(15)13-3-1-11(2-4-13)10-30(26)27/h1-9,25H,10H2,(H,26,27). The van der Waals surface area contributed by atoms with E-state index in [2.05, 4.69) is 9.97 Å². The van der Waals surface area contributed by atoms with Gasteiger partial charge in [0.05, 0.1) is 16.3 Å². The Morgan fingerprint density at radius 3 is 2.13 bits per heavy atom. The molecule has 0 fully saturated rings. The fourth-order valence-electron chi connectivity index (χ4n) is 2.71. The zero-order valence-corrected chi connectivity index (χ0v) is 17.7. The Bertz CT molecular complexity index is 1220. The monoisotopic (exact) mass is 491 g/mol. The van der Waals surface area contributed by atoms with Gasteiger partial charge in [-0.1, -0.05) is 36.4 Å². The first-order valence-corrected chi connectivity index (χ1v) is 11.5. The van der Waals surface area contributed by atoms with Gasteiger partial charge in [0.2, 0.25) is 5.82 Å². The fourth-order valence-corrected chi connectivity index (χ4v) is 4.04. The van der Waals surface area contributed by atoms with Gasteiger partial charge in [-0.2, -0.15) is 13.2 Å². The van der Waals surface area contributed by atoms with Crippen molar-refractivity contribution in [3.8, 4) is 22.4 Å². The molecule has 3 aromatic rings. The minimum atomic E-state index is -4.77. The summed E-state index contributed by atoms with van der Waals surface area (Å²) >= 11 is 3.13. The van der Waals surface area contributed by atoms with E-state index >= 15 is 0 Å². The van der Waals surface area contributed by atoms with Crippen molar-refractivity contribution in [1.82, 2.24) is 14.2 Å². The van der Waals surface area contributed by atoms with E-state index in [1.165, 1.54) is 48.5 Å². The van der Waals surface area contributed by atoms with Crippen molar-refractivity contribution in [1.29, 1.82) is 0 Å². The molecule has 1 unspecified atom stereocenters. The van der Waals surface area contributed by atoms with E-state index in [1.54, 1.807) is 4.24 Å². The Hall–Kier alpha value is -2.38. The van der Waals surface area contributed by atoms with Gasteiger partial charge in [-0.3, -0.25) is 0 Å². The second-order valence-electron chi connectivity index (χ2n) is 6.22. The van der Waals surface area contributed by atoms with Gasteiger partial charge in [0.25, 0.3) is 10.0 Å². The molecule has 0 aliphatic heterocycles. The summed E-state index contributed by atoms with van der Waals surface area (Å²) in [6, 6.07) is 11.2. The minimum absolute atomic E-state index is 0.0370. The highest BCUT2D eigenvalue weighted by Gasteiger charge is 2.35. The molecule has 0 spiro atoms. The van der Waals surface area contributed by atoms with Crippen LogP contribution in [0.15, 0.2) is 59.6 Å². The van der Waals surface area contributed by atoms with Gasteiger partial charge in [0.15, 0.2) is 11.1 Å². The summed E-state index contributed by atoms with van der Waals surface area (Å²) in [5, 5.41) is 0. The second kappa shape index (κ2) is 9.01. The Balaban J connectivity index is 2.11. The SMILES string of the molecule is O=S(O)Cc1ccc(-c2nc(C(F)(F)F)ncc2-c2ccc(S(=O)(=O)NCl)cc2)cc1. The van der Waals surface area contributed by atoms with Gasteiger partial charge in [0.1, 0.15) is 0 Å². The topological polar surface area (TPSA) is 109 Å². The predicted octanol–water partition coefficient (Wildman–Crippen LogP) is 3.98. The summed E-state index contributed by atoms with van der Waals surface area (Å²) < 4.78 is 84.6. The molecule has 0 amide bonds. The van der Waals surface area contributed by atoms with Crippen LogP contribution in [0.4, 0.5) is 13.2 Å². The van der Waals surface area contributed by atoms with Crippen LogP contribution in [0, 0.1) is 0 Å². The van der Waals surface area contributed by atoms with E-state index in [0.29, 0.717) is 16.7 Å². The lowest BCUT2D eigenvalue weighted by atomic mass is 10.00. The molecule has 0 aliphatic rings. The normalized spacial score (nSPS) is 13.2. The second-order valence-corrected chi connectivity index (χ2v) is 9.25. The molecule has 0 saturated heterocycles. The molecule has 0 bridgehead atoms. The van der Waals surface area contributed by atoms with E-state index in [1.807, 2.05) is 0 Å². The van der Waals surface area contributed by atoms with Crippen molar-refractivity contribution in [2.24, 2.45) is 0 Å². The molecule has 31 heavy (non-hydrogen) atoms. The molecule has 1 atom stereocenters. The van der Waals surface area contributed by atoms with E-state index in [9.17, 15) is 25.8 Å². The third-order valence-corrected chi connectivity index (χ3v) is 6.42. The maximum atomic E-state index is 13.2. The van der Waals surface area contributed by atoms with Crippen LogP contribution in [0.25, 0.3) is 22.4 Å². The lowest BCUT2D eigenvalue weighted by Gasteiger charge is -2.13. The lowest BCUT2D eigenvalue weighted by Crippen LogP contribution is -2.13. The molecule has 0 saturated carbocycles. The number of sulfonamides is 1. The average Bonchev–Trinajstić information content (AvgIpc) is 2.73. The maximum absolute atomic E-state index is 13.2. The zero-order chi connectivity index (χ0) is 22.8. The number of benzene rings is 2. The predicted molar refractivity (Wildman–Crippen MR) is 109 cm³/mol. The van der Waals surface area contributed by atoms with Gasteiger partial charge in [-0.25, -0.2) is 22.6 Å². The maximum Gasteiger partial charge on any atom is 0.451 e. The quantitative estimate of drug-likeness (QED) is 0.399. The Morgan fingerprint density at radius 2 is 1.61 bits per heavy atom. The smallest absolute Gasteiger partial charge is 0.306 e. The van der Waals surface area contributed by atoms with Crippen LogP contribution in [-0.2, 0) is 33.0 Å². The minimum Gasteiger partial charge on any atom is -0.306 e. The lowest BCUT2D eigenvalue weighted by molar-refractivity contribution is -0.144. The molecule has 1 heterocycles. The number of hydrogen-bond donors (Lipinski definition) is 2. The molecule has 2 N–H and O–H groups in total. The van der Waals surface area contributed by atoms with Crippen molar-refractivity contribution in [3.63, 3.8) is 0 Å². The summed E-state index contributed by atoms with van der Waals surface area (Å²) in [4.78, 5) is 6.93. The number of alkyl halides is 3. The van der Waals surface area contributed by atoms with Gasteiger partial charge in [0, 0.05) is 17.3 Å². The highest BCUT2D eigenvalue weighted by molar-refractivity contribution is 7.90. The largest absolute Gasteiger partial charge is 0.451 e. The molecule has 164 valence electrons. The van der Waals surface area contributed by atoms with Gasteiger partial charge in [-0.15, -0.1) is 4.24 Å². The number of nitrogens with zero attached hydrogens (tertiary/aromatic N) is 2. The van der Waals surface area contributed by atoms with Crippen LogP contribution in [0.3, 0.4) is 0 Å². The van der Waals surface area contributed by atoms with E-state index in [-0.39, 0.29) is 21.9 Å². The number of rotatable bonds is 6. The van der Waals surface area contributed by atoms with Crippen molar-refractivity contribution < 1.29 is 30.4 Å². The van der Waals surface area contributed by atoms with Gasteiger partial charge < -0.3 is 4.55 Å². The van der Waals surface area contributed by atoms with E-state index in [4.69, 9.17) is 16.3 Å². The number of aromatic nitrogens is 2. The molecule has 0 radical (unpaired) electrons. The number of halogens is 4. The molecule has 0 aliphatic carbocycles. The van der Waals surface area contributed by atoms with Crippen LogP contribution in [0.2, 0.25) is 0 Å². The van der Waals surface area contributed by atoms with Gasteiger partial charge in [-0.05, 0) is 35.0 Å². The Labute approximate surface area is 182 Å². The van der Waals surface area contributed by atoms with Crippen LogP contribution in [0.1, 0.15) is 11.4 Å². The average molecular weight is 492 g/mol. The van der Waals surface area contributed by atoms with Crippen molar-refractivity contribution in [3.05, 3.63) is 66.1 Å². The fraction of sp³-hybridized carbons (Fsp3) is 0.111. The Morgan fingerprint density at radius 1 is 1.03 bits per heavy atom. The third kappa shape index (κ3) is 5.46. The van der Waals surface area contributed by atoms with Gasteiger partial charge >= 0.3 is 6.18 Å². The molecule has 1 aromatic heterocycles. The molecule has 13 heteroatoms. The summed E-state index contributed by atoms with van der Waals surface area (Å²) in [7, 11) is -3.91. The third-order valence-electron chi connectivity index (χ3n) is 4.14. The Kier molecular flexibility index (Phi) is 6.76. The van der Waals surface area contributed by atoms with Crippen molar-refractivity contribution >= 4 is 32.9 Å². The summed E-state index contributed by atoms with van der Waals surface area (Å²) in [6.07, 6.45) is -3.77. The first-order chi connectivity index (χ1) is 14.5. The molecular weight excluding hydrogens is 479 g/mol. The first kappa shape index (κ1) is 23.3. The van der Waals surface area contributed by atoms with Crippen LogP contribution >= 0.6 is 11.8 Å². The van der Waals surface area contributed by atoms with Crippen LogP contribution in [-0.4, -0.2) is 27.1 Å². The van der Waals surface area contributed by atoms with E-state index in [0.717, 1.165) is 6.20 Å². The molecule has 3 rings (SSSR count). The zero-order valence-electron chi connectivity index (χ0n) is 15.3. The highest BCUT2D eigenvalue weighted by atomic mass is 35.5. The van der Waals surface area contributed by atoms with Crippen LogP contribution < -0.4 is 4.24 Å². The van der Waals surface area contributed by atoms with Crippen molar-refractivity contribution in [2.75, 3.05) is 0 Å². The summed E-state index contributed by atoms with van der Waals surface area (Å²) in [6.45, 7) is 0. The van der Waals surface area contributed by atoms with Crippen LogP contribution in [0.5, 0.6) is 0 Å². The van der Waals surface area contributed by atoms with Crippen molar-refractivity contribution in [2.45, 2.75) is 16.8 Å². The summed E-state index contributed by atoms with van der Waals surface area (Å²) in [5.41, 5.74) is 1.39. The highest BCUT2D eigenvalue weighted by Crippen LogP contribution is 2.34. The number of nitrogens with one attached hydrogen (secondary N) is 1. The molecule has 7 nitrogen and oxygen atoms in total. The first-order valence-electron chi connectivity index (χ1n) is 8.35.